The van der Waals surface area contributed by atoms with Crippen LogP contribution in [0, 0.1) is 0 Å². The van der Waals surface area contributed by atoms with Gasteiger partial charge >= 0.3 is 0 Å². The van der Waals surface area contributed by atoms with Crippen LogP contribution < -0.4 is 0 Å². The number of hydrogen-bond donors (Lipinski definition) is 0. The maximum absolute atomic E-state index is 2.14. The molecule has 6 aromatic rings. The maximum atomic E-state index is 2.14. The fourth-order valence-corrected chi connectivity index (χ4v) is 5.09. The average Bonchev–Trinajstić information content (AvgIpc) is 3.48. The second kappa shape index (κ2) is 10.2. The fraction of sp³-hybridized carbons (Fsp3) is 0. The van der Waals surface area contributed by atoms with E-state index in [0.717, 1.165) is 0 Å². The summed E-state index contributed by atoms with van der Waals surface area (Å²) in [5.74, 6) is 0. The fourth-order valence-electron chi connectivity index (χ4n) is 2.72. The molecule has 0 N–H and O–H groups in total. The van der Waals surface area contributed by atoms with Gasteiger partial charge in [0.1, 0.15) is 0 Å². The van der Waals surface area contributed by atoms with Crippen molar-refractivity contribution in [3.63, 3.8) is 0 Å². The minimum absolute atomic E-state index is 0. The van der Waals surface area contributed by atoms with Gasteiger partial charge in [0.2, 0.25) is 0 Å². The van der Waals surface area contributed by atoms with Gasteiger partial charge in [-0.25, -0.2) is 0 Å². The van der Waals surface area contributed by atoms with Crippen molar-refractivity contribution in [3.05, 3.63) is 107 Å². The summed E-state index contributed by atoms with van der Waals surface area (Å²) in [6, 6.07) is 31.6. The van der Waals surface area contributed by atoms with E-state index in [-0.39, 0.29) is 8.41 Å². The largest absolute Gasteiger partial charge is 0.144 e. The lowest BCUT2D eigenvalue weighted by Gasteiger charge is -1.82. The highest BCUT2D eigenvalue weighted by molar-refractivity contribution is 7.17. The van der Waals surface area contributed by atoms with Crippen molar-refractivity contribution in [2.75, 3.05) is 0 Å². The smallest absolute Gasteiger partial charge is 0.0814 e. The van der Waals surface area contributed by atoms with Gasteiger partial charge in [-0.2, -0.15) is 0 Å². The van der Waals surface area contributed by atoms with E-state index < -0.39 is 0 Å². The molecule has 0 aliphatic heterocycles. The van der Waals surface area contributed by atoms with E-state index in [1.54, 1.807) is 34.0 Å². The highest BCUT2D eigenvalue weighted by Gasteiger charge is 1.89. The Hall–Kier alpha value is -2.40. The topological polar surface area (TPSA) is 0 Å². The third-order valence-corrected chi connectivity index (χ3v) is 6.78. The molecule has 3 heterocycles. The first kappa shape index (κ1) is 20.3. The summed E-state index contributed by atoms with van der Waals surface area (Å²) in [5.41, 5.74) is 0. The van der Waals surface area contributed by atoms with Gasteiger partial charge in [0.15, 0.2) is 0 Å². The van der Waals surface area contributed by atoms with Gasteiger partial charge in [-0.15, -0.1) is 34.0 Å². The van der Waals surface area contributed by atoms with Gasteiger partial charge in [0.25, 0.3) is 0 Å². The highest BCUT2D eigenvalue weighted by Crippen LogP contribution is 2.20. The molecule has 0 aliphatic rings. The van der Waals surface area contributed by atoms with Crippen molar-refractivity contribution in [2.45, 2.75) is 0 Å². The van der Waals surface area contributed by atoms with Crippen LogP contribution in [0.4, 0.5) is 0 Å². The van der Waals surface area contributed by atoms with Gasteiger partial charge in [0.05, 0.1) is 8.41 Å². The zero-order valence-electron chi connectivity index (χ0n) is 14.6. The number of fused-ring (bicyclic) bond motifs is 3. The standard InChI is InChI=1S/3C8H6S.BH3/c3*1-2-4-8-7(3-1)5-6-9-8;/h3*1-6H;1H3. The molecular weight excluding hydrogens is 395 g/mol. The quantitative estimate of drug-likeness (QED) is 0.225. The third kappa shape index (κ3) is 5.11. The van der Waals surface area contributed by atoms with Crippen molar-refractivity contribution in [1.82, 2.24) is 0 Å². The summed E-state index contributed by atoms with van der Waals surface area (Å²) in [6.45, 7) is 0. The Kier molecular flexibility index (Phi) is 7.43. The zero-order valence-corrected chi connectivity index (χ0v) is 17.1. The molecule has 4 heteroatoms. The van der Waals surface area contributed by atoms with Crippen LogP contribution in [0.2, 0.25) is 0 Å². The van der Waals surface area contributed by atoms with Crippen molar-refractivity contribution in [3.8, 4) is 0 Å². The van der Waals surface area contributed by atoms with E-state index in [9.17, 15) is 0 Å². The third-order valence-electron chi connectivity index (χ3n) is 4.08. The first-order chi connectivity index (χ1) is 13.4. The summed E-state index contributed by atoms with van der Waals surface area (Å²) < 4.78 is 4.12. The second-order valence-electron chi connectivity index (χ2n) is 5.88. The van der Waals surface area contributed by atoms with Crippen LogP contribution in [0.5, 0.6) is 0 Å². The molecule has 0 spiro atoms. The Morgan fingerprint density at radius 2 is 0.643 bits per heavy atom. The molecule has 28 heavy (non-hydrogen) atoms. The molecule has 3 aromatic heterocycles. The summed E-state index contributed by atoms with van der Waals surface area (Å²) in [7, 11) is 0. The number of thiophene rings is 3. The summed E-state index contributed by atoms with van der Waals surface area (Å²) >= 11 is 5.36. The monoisotopic (exact) mass is 416 g/mol. The van der Waals surface area contributed by atoms with E-state index >= 15 is 0 Å². The Morgan fingerprint density at radius 1 is 0.357 bits per heavy atom. The van der Waals surface area contributed by atoms with E-state index in [2.05, 4.69) is 107 Å². The van der Waals surface area contributed by atoms with Gasteiger partial charge in [-0.05, 0) is 68.7 Å². The van der Waals surface area contributed by atoms with Crippen LogP contribution in [-0.4, -0.2) is 8.41 Å². The molecule has 0 nitrogen and oxygen atoms in total. The number of hydrogen-bond acceptors (Lipinski definition) is 3. The van der Waals surface area contributed by atoms with Crippen molar-refractivity contribution >= 4 is 72.7 Å². The highest BCUT2D eigenvalue weighted by atomic mass is 32.1. The van der Waals surface area contributed by atoms with Gasteiger partial charge in [0, 0.05) is 14.1 Å². The molecule has 0 amide bonds. The van der Waals surface area contributed by atoms with Crippen molar-refractivity contribution in [1.29, 1.82) is 0 Å². The van der Waals surface area contributed by atoms with Crippen LogP contribution in [-0.2, 0) is 0 Å². The van der Waals surface area contributed by atoms with E-state index in [1.807, 2.05) is 0 Å². The Bertz CT molecular complexity index is 999. The Balaban J connectivity index is 0.000000118. The molecule has 0 saturated carbocycles. The van der Waals surface area contributed by atoms with Gasteiger partial charge in [-0.1, -0.05) is 54.6 Å². The Labute approximate surface area is 179 Å². The van der Waals surface area contributed by atoms with E-state index in [4.69, 9.17) is 0 Å². The molecule has 0 atom stereocenters. The van der Waals surface area contributed by atoms with Crippen LogP contribution in [0.1, 0.15) is 0 Å². The number of benzene rings is 3. The summed E-state index contributed by atoms with van der Waals surface area (Å²) in [5, 5.41) is 10.4. The number of rotatable bonds is 0. The van der Waals surface area contributed by atoms with Crippen molar-refractivity contribution in [2.24, 2.45) is 0 Å². The minimum atomic E-state index is 0. The average molecular weight is 416 g/mol. The first-order valence-corrected chi connectivity index (χ1v) is 11.3. The maximum Gasteiger partial charge on any atom is 0.0814 e. The van der Waals surface area contributed by atoms with Crippen LogP contribution in [0.25, 0.3) is 30.3 Å². The molecule has 0 unspecified atom stereocenters. The van der Waals surface area contributed by atoms with E-state index in [1.165, 1.54) is 30.3 Å². The molecule has 138 valence electrons. The summed E-state index contributed by atoms with van der Waals surface area (Å²) in [4.78, 5) is 0. The van der Waals surface area contributed by atoms with Crippen LogP contribution >= 0.6 is 34.0 Å². The first-order valence-electron chi connectivity index (χ1n) is 8.67. The molecule has 3 aromatic carbocycles. The lowest BCUT2D eigenvalue weighted by Crippen LogP contribution is -1.56. The normalized spacial score (nSPS) is 9.86. The second-order valence-corrected chi connectivity index (χ2v) is 8.72. The molecule has 0 radical (unpaired) electrons. The van der Waals surface area contributed by atoms with Gasteiger partial charge < -0.3 is 0 Å². The zero-order chi connectivity index (χ0) is 18.3. The predicted molar refractivity (Wildman–Crippen MR) is 135 cm³/mol. The lowest BCUT2D eigenvalue weighted by atomic mass is 10.3. The van der Waals surface area contributed by atoms with Crippen molar-refractivity contribution < 1.29 is 0 Å². The minimum Gasteiger partial charge on any atom is -0.144 e. The predicted octanol–water partition coefficient (Wildman–Crippen LogP) is 7.52. The SMILES string of the molecule is B.c1ccc2sccc2c1.c1ccc2sccc2c1.c1ccc2sccc2c1. The molecule has 0 aliphatic carbocycles. The Morgan fingerprint density at radius 3 is 0.929 bits per heavy atom. The molecule has 0 bridgehead atoms. The van der Waals surface area contributed by atoms with Crippen LogP contribution in [0.3, 0.4) is 0 Å². The molecule has 0 saturated heterocycles. The molecule has 6 rings (SSSR count). The molecule has 0 fully saturated rings. The molecular formula is C24H21BS3. The lowest BCUT2D eigenvalue weighted by molar-refractivity contribution is 1.86. The summed E-state index contributed by atoms with van der Waals surface area (Å²) in [6.07, 6.45) is 0. The van der Waals surface area contributed by atoms with E-state index in [0.29, 0.717) is 0 Å². The van der Waals surface area contributed by atoms with Crippen LogP contribution in [0.15, 0.2) is 107 Å². The van der Waals surface area contributed by atoms with Gasteiger partial charge in [-0.3, -0.25) is 0 Å².